The molecule has 0 aliphatic rings. The Hall–Kier alpha value is -2.49. The van der Waals surface area contributed by atoms with Gasteiger partial charge in [0.2, 0.25) is 0 Å². The maximum atomic E-state index is 13.9. The molecule has 6 heteroatoms. The fourth-order valence-electron chi connectivity index (χ4n) is 2.71. The molecule has 3 aromatic rings. The average molecular weight is 456 g/mol. The maximum absolute atomic E-state index is 13.9. The van der Waals surface area contributed by atoms with Gasteiger partial charge < -0.3 is 5.32 Å². The molecule has 28 heavy (non-hydrogen) atoms. The van der Waals surface area contributed by atoms with Crippen molar-refractivity contribution >= 4 is 38.5 Å². The summed E-state index contributed by atoms with van der Waals surface area (Å²) in [5, 5.41) is 14.8. The first kappa shape index (κ1) is 20.2. The zero-order valence-electron chi connectivity index (χ0n) is 15.5. The van der Waals surface area contributed by atoms with Gasteiger partial charge in [0.15, 0.2) is 0 Å². The van der Waals surface area contributed by atoms with Crippen LogP contribution in [0.1, 0.15) is 24.4 Å². The predicted octanol–water partition coefficient (Wildman–Crippen LogP) is 6.89. The summed E-state index contributed by atoms with van der Waals surface area (Å²) < 4.78 is 14.6. The molecule has 3 nitrogen and oxygen atoms in total. The maximum Gasteiger partial charge on any atom is 0.147 e. The van der Waals surface area contributed by atoms with Gasteiger partial charge >= 0.3 is 0 Å². The molecule has 0 radical (unpaired) electrons. The summed E-state index contributed by atoms with van der Waals surface area (Å²) in [6.45, 7) is 4.40. The third-order valence-electron chi connectivity index (χ3n) is 4.05. The number of nitrogens with one attached hydrogen (secondary N) is 1. The van der Waals surface area contributed by atoms with Crippen LogP contribution in [0, 0.1) is 23.1 Å². The van der Waals surface area contributed by atoms with E-state index in [1.807, 2.05) is 5.38 Å². The number of rotatable bonds is 6. The fourth-order valence-corrected chi connectivity index (χ4v) is 3.84. The van der Waals surface area contributed by atoms with Crippen molar-refractivity contribution in [2.24, 2.45) is 5.92 Å². The molecule has 0 atom stereocenters. The van der Waals surface area contributed by atoms with Gasteiger partial charge in [-0.1, -0.05) is 54.0 Å². The normalized spacial score (nSPS) is 11.5. The second-order valence-electron chi connectivity index (χ2n) is 6.77. The molecule has 0 saturated carbocycles. The van der Waals surface area contributed by atoms with Gasteiger partial charge in [0, 0.05) is 21.6 Å². The van der Waals surface area contributed by atoms with E-state index >= 15 is 0 Å². The van der Waals surface area contributed by atoms with Crippen molar-refractivity contribution in [1.82, 2.24) is 4.98 Å². The molecule has 0 fully saturated rings. The van der Waals surface area contributed by atoms with Gasteiger partial charge in [-0.05, 0) is 36.1 Å². The quantitative estimate of drug-likeness (QED) is 0.411. The topological polar surface area (TPSA) is 48.7 Å². The highest BCUT2D eigenvalue weighted by Crippen LogP contribution is 2.27. The minimum absolute atomic E-state index is 0.300. The number of anilines is 1. The lowest BCUT2D eigenvalue weighted by Gasteiger charge is -2.05. The van der Waals surface area contributed by atoms with Crippen LogP contribution in [0.2, 0.25) is 0 Å². The van der Waals surface area contributed by atoms with Crippen molar-refractivity contribution < 1.29 is 4.39 Å². The first-order valence-electron chi connectivity index (χ1n) is 8.83. The molecule has 1 N–H and O–H groups in total. The highest BCUT2D eigenvalue weighted by Gasteiger charge is 2.10. The van der Waals surface area contributed by atoms with Crippen molar-refractivity contribution in [3.8, 4) is 17.3 Å². The second kappa shape index (κ2) is 9.13. The van der Waals surface area contributed by atoms with E-state index in [-0.39, 0.29) is 0 Å². The third-order valence-corrected chi connectivity index (χ3v) is 5.42. The average Bonchev–Trinajstić information content (AvgIpc) is 3.14. The molecular weight excluding hydrogens is 437 g/mol. The molecule has 1 aromatic heterocycles. The Morgan fingerprint density at radius 3 is 2.68 bits per heavy atom. The van der Waals surface area contributed by atoms with E-state index in [1.54, 1.807) is 12.1 Å². The zero-order valence-corrected chi connectivity index (χ0v) is 17.9. The zero-order chi connectivity index (χ0) is 20.1. The molecule has 0 bridgehead atoms. The number of halogens is 2. The Morgan fingerprint density at radius 2 is 2.04 bits per heavy atom. The van der Waals surface area contributed by atoms with Crippen LogP contribution in [-0.2, 0) is 6.42 Å². The van der Waals surface area contributed by atoms with Crippen LogP contribution in [0.4, 0.5) is 10.1 Å². The van der Waals surface area contributed by atoms with Gasteiger partial charge in [-0.2, -0.15) is 5.26 Å². The summed E-state index contributed by atoms with van der Waals surface area (Å²) >= 11 is 4.61. The van der Waals surface area contributed by atoms with Crippen molar-refractivity contribution in [2.45, 2.75) is 20.3 Å². The van der Waals surface area contributed by atoms with E-state index in [0.717, 1.165) is 17.7 Å². The highest BCUT2D eigenvalue weighted by atomic mass is 79.9. The molecule has 0 aliphatic carbocycles. The second-order valence-corrected chi connectivity index (χ2v) is 8.54. The van der Waals surface area contributed by atoms with Gasteiger partial charge in [0.1, 0.15) is 22.5 Å². The number of hydrogen-bond acceptors (Lipinski definition) is 4. The molecule has 1 heterocycles. The van der Waals surface area contributed by atoms with Gasteiger partial charge in [-0.3, -0.25) is 0 Å². The van der Waals surface area contributed by atoms with Crippen LogP contribution >= 0.6 is 27.3 Å². The summed E-state index contributed by atoms with van der Waals surface area (Å²) in [5.41, 5.74) is 3.79. The van der Waals surface area contributed by atoms with E-state index in [1.165, 1.54) is 29.2 Å². The summed E-state index contributed by atoms with van der Waals surface area (Å²) in [4.78, 5) is 4.58. The molecule has 0 amide bonds. The first-order valence-corrected chi connectivity index (χ1v) is 10.5. The van der Waals surface area contributed by atoms with Gasteiger partial charge in [0.05, 0.1) is 11.4 Å². The monoisotopic (exact) mass is 455 g/mol. The Bertz CT molecular complexity index is 1030. The standard InChI is InChI=1S/C22H19BrFN3S/c1-14(2)9-15-3-5-16(6-4-15)21-13-28-22(27-21)17(11-25)12-26-20-8-7-18(23)10-19(20)24/h3-8,10,12-14,26H,9H2,1-2H3. The van der Waals surface area contributed by atoms with E-state index in [0.29, 0.717) is 26.7 Å². The van der Waals surface area contributed by atoms with Crippen molar-refractivity contribution in [1.29, 1.82) is 5.26 Å². The van der Waals surface area contributed by atoms with Gasteiger partial charge in [-0.25, -0.2) is 9.37 Å². The Balaban J connectivity index is 1.78. The molecule has 3 rings (SSSR count). The van der Waals surface area contributed by atoms with E-state index in [9.17, 15) is 9.65 Å². The first-order chi connectivity index (χ1) is 13.5. The molecule has 0 aliphatic heterocycles. The van der Waals surface area contributed by atoms with Crippen LogP contribution < -0.4 is 5.32 Å². The van der Waals surface area contributed by atoms with E-state index < -0.39 is 5.82 Å². The van der Waals surface area contributed by atoms with Crippen molar-refractivity contribution in [3.05, 3.63) is 74.9 Å². The third kappa shape index (κ3) is 5.06. The van der Waals surface area contributed by atoms with Gasteiger partial charge in [-0.15, -0.1) is 11.3 Å². The van der Waals surface area contributed by atoms with Crippen LogP contribution in [0.3, 0.4) is 0 Å². The molecule has 0 spiro atoms. The van der Waals surface area contributed by atoms with E-state index in [2.05, 4.69) is 70.4 Å². The number of benzene rings is 2. The Labute approximate surface area is 176 Å². The minimum Gasteiger partial charge on any atom is -0.358 e. The van der Waals surface area contributed by atoms with Gasteiger partial charge in [0.25, 0.3) is 0 Å². The van der Waals surface area contributed by atoms with Crippen molar-refractivity contribution in [2.75, 3.05) is 5.32 Å². The lowest BCUT2D eigenvalue weighted by atomic mass is 10.0. The number of hydrogen-bond donors (Lipinski definition) is 1. The lowest BCUT2D eigenvalue weighted by Crippen LogP contribution is -1.94. The molecule has 0 saturated heterocycles. The summed E-state index contributed by atoms with van der Waals surface area (Å²) in [7, 11) is 0. The number of aromatic nitrogens is 1. The number of nitriles is 1. The predicted molar refractivity (Wildman–Crippen MR) is 117 cm³/mol. The summed E-state index contributed by atoms with van der Waals surface area (Å²) in [6.07, 6.45) is 2.53. The molecular formula is C22H19BrFN3S. The summed E-state index contributed by atoms with van der Waals surface area (Å²) in [5.74, 6) is 0.215. The number of nitrogens with zero attached hydrogens (tertiary/aromatic N) is 2. The highest BCUT2D eigenvalue weighted by molar-refractivity contribution is 9.10. The molecule has 2 aromatic carbocycles. The fraction of sp³-hybridized carbons (Fsp3) is 0.182. The Kier molecular flexibility index (Phi) is 6.61. The van der Waals surface area contributed by atoms with Crippen molar-refractivity contribution in [3.63, 3.8) is 0 Å². The number of allylic oxidation sites excluding steroid dienone is 1. The molecule has 0 unspecified atom stereocenters. The van der Waals surface area contributed by atoms with Crippen LogP contribution in [0.5, 0.6) is 0 Å². The number of thiazole rings is 1. The van der Waals surface area contributed by atoms with Crippen LogP contribution in [0.15, 0.2) is 58.5 Å². The lowest BCUT2D eigenvalue weighted by molar-refractivity contribution is 0.631. The largest absolute Gasteiger partial charge is 0.358 e. The Morgan fingerprint density at radius 1 is 1.29 bits per heavy atom. The van der Waals surface area contributed by atoms with Crippen LogP contribution in [0.25, 0.3) is 16.8 Å². The SMILES string of the molecule is CC(C)Cc1ccc(-c2csc(C(C#N)=CNc3ccc(Br)cc3F)n2)cc1. The summed E-state index contributed by atoms with van der Waals surface area (Å²) in [6, 6.07) is 15.2. The smallest absolute Gasteiger partial charge is 0.147 e. The van der Waals surface area contributed by atoms with E-state index in [4.69, 9.17) is 0 Å². The minimum atomic E-state index is -0.399. The van der Waals surface area contributed by atoms with Crippen LogP contribution in [-0.4, -0.2) is 4.98 Å². The molecule has 142 valence electrons.